The largest absolute Gasteiger partial charge is 0.433 e. The zero-order chi connectivity index (χ0) is 30.6. The average Bonchev–Trinajstić information content (AvgIpc) is 3.35. The predicted octanol–water partition coefficient (Wildman–Crippen LogP) is 2.93. The van der Waals surface area contributed by atoms with Crippen LogP contribution in [0.25, 0.3) is 10.8 Å². The number of nitrogens with one attached hydrogen (secondary N) is 2. The number of pyridine rings is 1. The van der Waals surface area contributed by atoms with Crippen LogP contribution >= 0.6 is 0 Å². The van der Waals surface area contributed by atoms with E-state index in [4.69, 9.17) is 9.47 Å². The fraction of sp³-hybridized carbons (Fsp3) is 0.212. The minimum Gasteiger partial charge on any atom is -0.433 e. The lowest BCUT2D eigenvalue weighted by Crippen LogP contribution is -2.52. The molecule has 4 aromatic rings. The summed E-state index contributed by atoms with van der Waals surface area (Å²) >= 11 is 0. The number of carbonyl (C=O) groups is 5. The highest BCUT2D eigenvalue weighted by Crippen LogP contribution is 2.28. The van der Waals surface area contributed by atoms with Gasteiger partial charge in [-0.05, 0) is 29.1 Å². The van der Waals surface area contributed by atoms with Crippen molar-refractivity contribution in [2.75, 3.05) is 11.4 Å². The molecule has 0 radical (unpaired) electrons. The summed E-state index contributed by atoms with van der Waals surface area (Å²) in [4.78, 5) is 71.3. The normalized spacial score (nSPS) is 19.7. The Labute approximate surface area is 252 Å². The van der Waals surface area contributed by atoms with E-state index >= 15 is 0 Å². The SMILES string of the molecule is O=C(CN1C(=O)C(NC(=O)c2nccc3ccccc23)CC(=O)c2ccccc21)NC1CC(=O)OC1OCc1ccccc1. The van der Waals surface area contributed by atoms with Gasteiger partial charge in [0.2, 0.25) is 12.2 Å². The van der Waals surface area contributed by atoms with Crippen LogP contribution in [-0.2, 0) is 30.5 Å². The van der Waals surface area contributed by atoms with Crippen molar-refractivity contribution in [1.82, 2.24) is 15.6 Å². The Hall–Kier alpha value is -5.42. The van der Waals surface area contributed by atoms with Crippen LogP contribution in [0.2, 0.25) is 0 Å². The number of hydrogen-bond donors (Lipinski definition) is 2. The fourth-order valence-corrected chi connectivity index (χ4v) is 5.39. The van der Waals surface area contributed by atoms with Crippen LogP contribution in [0.4, 0.5) is 5.69 Å². The Morgan fingerprint density at radius 1 is 0.886 bits per heavy atom. The van der Waals surface area contributed by atoms with Crippen molar-refractivity contribution in [3.63, 3.8) is 0 Å². The lowest BCUT2D eigenvalue weighted by Gasteiger charge is -2.26. The summed E-state index contributed by atoms with van der Waals surface area (Å²) in [5.41, 5.74) is 1.47. The maximum atomic E-state index is 13.9. The summed E-state index contributed by atoms with van der Waals surface area (Å²) in [6.07, 6.45) is 0.0778. The number of cyclic esters (lactones) is 1. The molecule has 44 heavy (non-hydrogen) atoms. The van der Waals surface area contributed by atoms with Crippen molar-refractivity contribution < 1.29 is 33.4 Å². The minimum absolute atomic E-state index is 0.106. The van der Waals surface area contributed by atoms with Crippen LogP contribution < -0.4 is 15.5 Å². The molecule has 3 atom stereocenters. The van der Waals surface area contributed by atoms with Gasteiger partial charge in [-0.3, -0.25) is 29.0 Å². The van der Waals surface area contributed by atoms with Gasteiger partial charge in [-0.1, -0.05) is 66.7 Å². The Bertz CT molecular complexity index is 1750. The summed E-state index contributed by atoms with van der Waals surface area (Å²) in [5.74, 6) is -2.75. The zero-order valence-electron chi connectivity index (χ0n) is 23.5. The molecule has 3 unspecified atom stereocenters. The van der Waals surface area contributed by atoms with Gasteiger partial charge >= 0.3 is 5.97 Å². The number of ether oxygens (including phenoxy) is 2. The van der Waals surface area contributed by atoms with E-state index in [0.717, 1.165) is 10.9 Å². The standard InChI is InChI=1S/C33H28N4O7/c38-27-16-24(36-31(41)30-22-11-5-4-10-21(22)14-15-34-30)32(42)37(26-13-7-6-12-23(26)27)18-28(39)35-25-17-29(40)44-33(25)43-19-20-8-2-1-3-9-20/h1-15,24-25,33H,16-19H2,(H,35,39)(H,36,41). The first-order valence-corrected chi connectivity index (χ1v) is 14.1. The van der Waals surface area contributed by atoms with Crippen molar-refractivity contribution in [1.29, 1.82) is 0 Å². The number of rotatable bonds is 8. The summed E-state index contributed by atoms with van der Waals surface area (Å²) < 4.78 is 11.0. The highest BCUT2D eigenvalue weighted by atomic mass is 16.7. The molecule has 0 saturated carbocycles. The van der Waals surface area contributed by atoms with Gasteiger partial charge in [0.05, 0.1) is 18.7 Å². The first-order valence-electron chi connectivity index (χ1n) is 14.1. The molecule has 2 aliphatic heterocycles. The van der Waals surface area contributed by atoms with Gasteiger partial charge in [0.25, 0.3) is 11.8 Å². The maximum Gasteiger partial charge on any atom is 0.310 e. The number of amides is 3. The highest BCUT2D eigenvalue weighted by Gasteiger charge is 2.39. The molecule has 3 heterocycles. The van der Waals surface area contributed by atoms with Gasteiger partial charge in [-0.2, -0.15) is 0 Å². The summed E-state index contributed by atoms with van der Waals surface area (Å²) in [7, 11) is 0. The Kier molecular flexibility index (Phi) is 8.11. The number of ketones is 1. The van der Waals surface area contributed by atoms with Gasteiger partial charge in [-0.15, -0.1) is 0 Å². The Balaban J connectivity index is 1.20. The second-order valence-electron chi connectivity index (χ2n) is 10.5. The van der Waals surface area contributed by atoms with E-state index in [0.29, 0.717) is 5.39 Å². The quantitative estimate of drug-likeness (QED) is 0.297. The lowest BCUT2D eigenvalue weighted by atomic mass is 10.0. The monoisotopic (exact) mass is 592 g/mol. The van der Waals surface area contributed by atoms with Crippen LogP contribution in [0, 0.1) is 0 Å². The Morgan fingerprint density at radius 2 is 1.64 bits per heavy atom. The second kappa shape index (κ2) is 12.4. The molecule has 222 valence electrons. The number of anilines is 1. The fourth-order valence-electron chi connectivity index (χ4n) is 5.39. The van der Waals surface area contributed by atoms with Gasteiger partial charge in [0.1, 0.15) is 24.3 Å². The summed E-state index contributed by atoms with van der Waals surface area (Å²) in [6, 6.07) is 22.7. The average molecular weight is 593 g/mol. The summed E-state index contributed by atoms with van der Waals surface area (Å²) in [5, 5.41) is 6.80. The van der Waals surface area contributed by atoms with E-state index in [1.54, 1.807) is 42.5 Å². The van der Waals surface area contributed by atoms with Crippen LogP contribution in [0.15, 0.2) is 91.1 Å². The molecule has 2 N–H and O–H groups in total. The van der Waals surface area contributed by atoms with Crippen LogP contribution in [0.1, 0.15) is 39.3 Å². The third-order valence-corrected chi connectivity index (χ3v) is 7.51. The molecule has 11 heteroatoms. The third kappa shape index (κ3) is 6.04. The smallest absolute Gasteiger partial charge is 0.310 e. The molecular weight excluding hydrogens is 564 g/mol. The molecule has 1 aromatic heterocycles. The molecular formula is C33H28N4O7. The predicted molar refractivity (Wildman–Crippen MR) is 158 cm³/mol. The molecule has 6 rings (SSSR count). The summed E-state index contributed by atoms with van der Waals surface area (Å²) in [6.45, 7) is -0.309. The number of fused-ring (bicyclic) bond motifs is 2. The highest BCUT2D eigenvalue weighted by molar-refractivity contribution is 6.15. The lowest BCUT2D eigenvalue weighted by molar-refractivity contribution is -0.168. The van der Waals surface area contributed by atoms with Crippen molar-refractivity contribution >= 4 is 45.9 Å². The molecule has 1 saturated heterocycles. The number of carbonyl (C=O) groups excluding carboxylic acids is 5. The van der Waals surface area contributed by atoms with Gasteiger partial charge < -0.3 is 25.0 Å². The van der Waals surface area contributed by atoms with Crippen LogP contribution in [0.3, 0.4) is 0 Å². The van der Waals surface area contributed by atoms with Crippen molar-refractivity contribution in [3.05, 3.63) is 108 Å². The van der Waals surface area contributed by atoms with Crippen molar-refractivity contribution in [3.8, 4) is 0 Å². The molecule has 3 aromatic carbocycles. The zero-order valence-corrected chi connectivity index (χ0v) is 23.5. The van der Waals surface area contributed by atoms with Gasteiger partial charge in [0, 0.05) is 23.6 Å². The first-order chi connectivity index (χ1) is 21.4. The van der Waals surface area contributed by atoms with E-state index in [1.807, 2.05) is 42.5 Å². The number of hydrogen-bond acceptors (Lipinski definition) is 8. The van der Waals surface area contributed by atoms with Crippen molar-refractivity contribution in [2.45, 2.75) is 37.8 Å². The third-order valence-electron chi connectivity index (χ3n) is 7.51. The van der Waals surface area contributed by atoms with Gasteiger partial charge in [0.15, 0.2) is 5.78 Å². The van der Waals surface area contributed by atoms with E-state index in [-0.39, 0.29) is 42.2 Å². The van der Waals surface area contributed by atoms with E-state index in [9.17, 15) is 24.0 Å². The number of para-hydroxylation sites is 1. The molecule has 1 fully saturated rings. The molecule has 2 aliphatic rings. The first kappa shape index (κ1) is 28.7. The second-order valence-corrected chi connectivity index (χ2v) is 10.5. The molecule has 11 nitrogen and oxygen atoms in total. The van der Waals surface area contributed by atoms with E-state index < -0.39 is 48.6 Å². The van der Waals surface area contributed by atoms with Crippen molar-refractivity contribution in [2.24, 2.45) is 0 Å². The van der Waals surface area contributed by atoms with Crippen LogP contribution in [0.5, 0.6) is 0 Å². The minimum atomic E-state index is -1.26. The topological polar surface area (TPSA) is 144 Å². The number of Topliss-reactive ketones (excluding diaryl/α,β-unsaturated/α-hetero) is 1. The van der Waals surface area contributed by atoms with Crippen LogP contribution in [-0.4, -0.2) is 59.4 Å². The molecule has 0 bridgehead atoms. The molecule has 3 amide bonds. The van der Waals surface area contributed by atoms with Gasteiger partial charge in [-0.25, -0.2) is 0 Å². The van der Waals surface area contributed by atoms with E-state index in [2.05, 4.69) is 15.6 Å². The molecule has 0 spiro atoms. The number of benzene rings is 3. The Morgan fingerprint density at radius 3 is 2.48 bits per heavy atom. The van der Waals surface area contributed by atoms with E-state index in [1.165, 1.54) is 11.1 Å². The maximum absolute atomic E-state index is 13.9. The number of nitrogens with zero attached hydrogens (tertiary/aromatic N) is 2. The number of aromatic nitrogens is 1. The number of esters is 1. The molecule has 0 aliphatic carbocycles.